The van der Waals surface area contributed by atoms with Gasteiger partial charge in [0.05, 0.1) is 13.7 Å². The molecule has 0 spiro atoms. The summed E-state index contributed by atoms with van der Waals surface area (Å²) in [7, 11) is 1.21. The summed E-state index contributed by atoms with van der Waals surface area (Å²) in [6.07, 6.45) is 0. The Bertz CT molecular complexity index is 662. The van der Waals surface area contributed by atoms with Crippen LogP contribution in [0.25, 0.3) is 11.0 Å². The van der Waals surface area contributed by atoms with Crippen LogP contribution in [0.4, 0.5) is 0 Å². The number of benzene rings is 1. The zero-order valence-corrected chi connectivity index (χ0v) is 11.7. The van der Waals surface area contributed by atoms with Gasteiger partial charge in [-0.3, -0.25) is 0 Å². The lowest BCUT2D eigenvalue weighted by atomic mass is 10.2. The number of halogens is 1. The Balaban J connectivity index is 2.49. The van der Waals surface area contributed by atoms with E-state index in [0.717, 1.165) is 0 Å². The second kappa shape index (κ2) is 5.88. The number of esters is 1. The predicted octanol–water partition coefficient (Wildman–Crippen LogP) is 2.35. The molecule has 0 fully saturated rings. The Labute approximate surface area is 117 Å². The van der Waals surface area contributed by atoms with E-state index in [0.29, 0.717) is 28.7 Å². The summed E-state index contributed by atoms with van der Waals surface area (Å²) < 4.78 is 15.0. The van der Waals surface area contributed by atoms with Crippen LogP contribution in [0.5, 0.6) is 5.75 Å². The number of rotatable bonds is 4. The van der Waals surface area contributed by atoms with E-state index in [1.54, 1.807) is 18.2 Å². The van der Waals surface area contributed by atoms with Crippen molar-refractivity contribution in [3.8, 4) is 5.75 Å². The van der Waals surface area contributed by atoms with E-state index in [9.17, 15) is 9.59 Å². The second-order valence-corrected chi connectivity index (χ2v) is 4.47. The van der Waals surface area contributed by atoms with E-state index in [1.165, 1.54) is 13.2 Å². The highest BCUT2D eigenvalue weighted by molar-refractivity contribution is 9.09. The number of fused-ring (bicyclic) bond motifs is 1. The van der Waals surface area contributed by atoms with Crippen LogP contribution in [-0.2, 0) is 4.74 Å². The monoisotopic (exact) mass is 326 g/mol. The molecule has 6 heteroatoms. The van der Waals surface area contributed by atoms with Crippen LogP contribution in [0.15, 0.2) is 33.5 Å². The van der Waals surface area contributed by atoms with Gasteiger partial charge >= 0.3 is 11.6 Å². The molecule has 0 amide bonds. The number of hydrogen-bond acceptors (Lipinski definition) is 5. The molecule has 0 aliphatic carbocycles. The van der Waals surface area contributed by atoms with Crippen molar-refractivity contribution in [2.24, 2.45) is 0 Å². The normalized spacial score (nSPS) is 10.4. The lowest BCUT2D eigenvalue weighted by Crippen LogP contribution is -2.14. The van der Waals surface area contributed by atoms with E-state index in [4.69, 9.17) is 9.15 Å². The number of carbonyl (C=O) groups excluding carboxylic acids is 1. The van der Waals surface area contributed by atoms with Crippen LogP contribution in [0.1, 0.15) is 10.4 Å². The van der Waals surface area contributed by atoms with E-state index >= 15 is 0 Å². The summed E-state index contributed by atoms with van der Waals surface area (Å²) in [4.78, 5) is 23.0. The molecule has 0 atom stereocenters. The Morgan fingerprint density at radius 1 is 1.37 bits per heavy atom. The maximum Gasteiger partial charge on any atom is 0.351 e. The maximum absolute atomic E-state index is 11.6. The molecule has 2 rings (SSSR count). The Morgan fingerprint density at radius 3 is 2.84 bits per heavy atom. The third-order valence-electron chi connectivity index (χ3n) is 2.45. The summed E-state index contributed by atoms with van der Waals surface area (Å²) in [6.45, 7) is 0.520. The first-order valence-corrected chi connectivity index (χ1v) is 6.63. The fourth-order valence-corrected chi connectivity index (χ4v) is 1.76. The molecular weight excluding hydrogens is 316 g/mol. The molecule has 0 saturated carbocycles. The molecule has 19 heavy (non-hydrogen) atoms. The Hall–Kier alpha value is -1.82. The number of hydrogen-bond donors (Lipinski definition) is 0. The zero-order valence-electron chi connectivity index (χ0n) is 10.1. The molecule has 1 aromatic heterocycles. The smallest absolute Gasteiger partial charge is 0.351 e. The molecule has 0 radical (unpaired) electrons. The van der Waals surface area contributed by atoms with Gasteiger partial charge in [-0.25, -0.2) is 9.59 Å². The van der Waals surface area contributed by atoms with E-state index in [1.807, 2.05) is 0 Å². The highest BCUT2D eigenvalue weighted by atomic mass is 79.9. The predicted molar refractivity (Wildman–Crippen MR) is 73.1 cm³/mol. The van der Waals surface area contributed by atoms with Gasteiger partial charge in [0.2, 0.25) is 0 Å². The van der Waals surface area contributed by atoms with Gasteiger partial charge in [-0.1, -0.05) is 15.9 Å². The fraction of sp³-hybridized carbons (Fsp3) is 0.231. The van der Waals surface area contributed by atoms with Crippen molar-refractivity contribution in [3.63, 3.8) is 0 Å². The van der Waals surface area contributed by atoms with Crippen molar-refractivity contribution in [2.75, 3.05) is 19.0 Å². The van der Waals surface area contributed by atoms with E-state index < -0.39 is 11.6 Å². The molecule has 2 aromatic rings. The third kappa shape index (κ3) is 2.96. The SMILES string of the molecule is COC(=O)c1cc2cc(OCCBr)ccc2oc1=O. The first-order valence-electron chi connectivity index (χ1n) is 5.50. The summed E-state index contributed by atoms with van der Waals surface area (Å²) in [5.74, 6) is -0.0842. The molecule has 0 aliphatic rings. The largest absolute Gasteiger partial charge is 0.493 e. The van der Waals surface area contributed by atoms with Gasteiger partial charge in [-0.05, 0) is 24.3 Å². The van der Waals surface area contributed by atoms with Gasteiger partial charge in [-0.15, -0.1) is 0 Å². The molecule has 0 aliphatic heterocycles. The Morgan fingerprint density at radius 2 is 2.16 bits per heavy atom. The van der Waals surface area contributed by atoms with E-state index in [-0.39, 0.29) is 5.56 Å². The van der Waals surface area contributed by atoms with Crippen molar-refractivity contribution in [3.05, 3.63) is 40.2 Å². The van der Waals surface area contributed by atoms with Crippen molar-refractivity contribution in [1.29, 1.82) is 0 Å². The van der Waals surface area contributed by atoms with Gasteiger partial charge in [0.25, 0.3) is 0 Å². The van der Waals surface area contributed by atoms with Crippen molar-refractivity contribution < 1.29 is 18.7 Å². The van der Waals surface area contributed by atoms with Gasteiger partial charge in [0, 0.05) is 10.7 Å². The van der Waals surface area contributed by atoms with Crippen molar-refractivity contribution in [2.45, 2.75) is 0 Å². The first-order chi connectivity index (χ1) is 9.15. The average Bonchev–Trinajstić information content (AvgIpc) is 2.43. The minimum atomic E-state index is -0.720. The van der Waals surface area contributed by atoms with Crippen LogP contribution < -0.4 is 10.4 Å². The van der Waals surface area contributed by atoms with Crippen LogP contribution in [0, 0.1) is 0 Å². The quantitative estimate of drug-likeness (QED) is 0.490. The topological polar surface area (TPSA) is 65.7 Å². The minimum Gasteiger partial charge on any atom is -0.493 e. The van der Waals surface area contributed by atoms with Gasteiger partial charge in [0.1, 0.15) is 16.9 Å². The molecule has 0 N–H and O–H groups in total. The molecule has 0 saturated heterocycles. The maximum atomic E-state index is 11.6. The first kappa shape index (κ1) is 13.6. The molecule has 5 nitrogen and oxygen atoms in total. The number of ether oxygens (including phenoxy) is 2. The van der Waals surface area contributed by atoms with Crippen molar-refractivity contribution >= 4 is 32.9 Å². The summed E-state index contributed by atoms with van der Waals surface area (Å²) in [5.41, 5.74) is -0.454. The van der Waals surface area contributed by atoms with E-state index in [2.05, 4.69) is 20.7 Å². The van der Waals surface area contributed by atoms with Crippen LogP contribution in [0.3, 0.4) is 0 Å². The molecule has 0 bridgehead atoms. The van der Waals surface area contributed by atoms with Gasteiger partial charge < -0.3 is 13.9 Å². The second-order valence-electron chi connectivity index (χ2n) is 3.68. The summed E-state index contributed by atoms with van der Waals surface area (Å²) in [5, 5.41) is 1.31. The van der Waals surface area contributed by atoms with Crippen molar-refractivity contribution in [1.82, 2.24) is 0 Å². The van der Waals surface area contributed by atoms with Gasteiger partial charge in [0.15, 0.2) is 0 Å². The highest BCUT2D eigenvalue weighted by Gasteiger charge is 2.14. The lowest BCUT2D eigenvalue weighted by molar-refractivity contribution is 0.0596. The summed E-state index contributed by atoms with van der Waals surface area (Å²) in [6, 6.07) is 6.47. The fourth-order valence-electron chi connectivity index (χ4n) is 1.60. The number of carbonyl (C=O) groups is 1. The molecule has 1 aromatic carbocycles. The standard InChI is InChI=1S/C13H11BrO5/c1-17-12(15)10-7-8-6-9(18-5-4-14)2-3-11(8)19-13(10)16/h2-3,6-7H,4-5H2,1H3. The summed E-state index contributed by atoms with van der Waals surface area (Å²) >= 11 is 3.26. The Kier molecular flexibility index (Phi) is 4.21. The molecule has 1 heterocycles. The lowest BCUT2D eigenvalue weighted by Gasteiger charge is -2.05. The van der Waals surface area contributed by atoms with Crippen LogP contribution >= 0.6 is 15.9 Å². The average molecular weight is 327 g/mol. The molecular formula is C13H11BrO5. The van der Waals surface area contributed by atoms with Crippen LogP contribution in [-0.4, -0.2) is 25.0 Å². The highest BCUT2D eigenvalue weighted by Crippen LogP contribution is 2.20. The third-order valence-corrected chi connectivity index (χ3v) is 2.78. The zero-order chi connectivity index (χ0) is 13.8. The van der Waals surface area contributed by atoms with Crippen LogP contribution in [0.2, 0.25) is 0 Å². The van der Waals surface area contributed by atoms with Gasteiger partial charge in [-0.2, -0.15) is 0 Å². The molecule has 100 valence electrons. The molecule has 0 unspecified atom stereocenters. The minimum absolute atomic E-state index is 0.132. The number of methoxy groups -OCH3 is 1. The number of alkyl halides is 1.